The van der Waals surface area contributed by atoms with Gasteiger partial charge in [-0.1, -0.05) is 43.1 Å². The number of nitrogens with zero attached hydrogens (tertiary/aromatic N) is 1. The molecular formula is C27H44N2O4. The summed E-state index contributed by atoms with van der Waals surface area (Å²) < 4.78 is 17.0. The fourth-order valence-electron chi connectivity index (χ4n) is 3.35. The minimum Gasteiger partial charge on any atom is -0.478 e. The fourth-order valence-corrected chi connectivity index (χ4v) is 3.35. The van der Waals surface area contributed by atoms with Crippen molar-refractivity contribution in [3.63, 3.8) is 0 Å². The first-order chi connectivity index (χ1) is 15.8. The van der Waals surface area contributed by atoms with Crippen molar-refractivity contribution >= 4 is 6.09 Å². The summed E-state index contributed by atoms with van der Waals surface area (Å²) in [4.78, 5) is 13.2. The first kappa shape index (κ1) is 28.6. The van der Waals surface area contributed by atoms with Gasteiger partial charge in [0, 0.05) is 12.6 Å². The quantitative estimate of drug-likeness (QED) is 0.191. The third-order valence-corrected chi connectivity index (χ3v) is 5.31. The number of carbonyl (C=O) groups excluding carboxylic acids is 1. The molecule has 1 N–H and O–H groups in total. The Labute approximate surface area is 201 Å². The summed E-state index contributed by atoms with van der Waals surface area (Å²) >= 11 is 0. The van der Waals surface area contributed by atoms with Crippen LogP contribution in [0.25, 0.3) is 0 Å². The largest absolute Gasteiger partial charge is 0.478 e. The van der Waals surface area contributed by atoms with Crippen LogP contribution in [0.3, 0.4) is 0 Å². The number of amides is 1. The predicted molar refractivity (Wildman–Crippen MR) is 136 cm³/mol. The second-order valence-electron chi connectivity index (χ2n) is 8.69. The molecule has 1 aromatic rings. The second kappa shape index (κ2) is 16.2. The molecule has 0 aromatic heterocycles. The molecule has 186 valence electrons. The fraction of sp³-hybridized carbons (Fsp3) is 0.593. The molecule has 0 unspecified atom stereocenters. The Morgan fingerprint density at radius 3 is 2.39 bits per heavy atom. The van der Waals surface area contributed by atoms with E-state index >= 15 is 0 Å². The Balaban J connectivity index is 3.21. The van der Waals surface area contributed by atoms with Gasteiger partial charge in [0.15, 0.2) is 6.73 Å². The van der Waals surface area contributed by atoms with E-state index in [1.165, 1.54) is 41.6 Å². The molecule has 0 heterocycles. The standard InChI is InChI=1S/C27H44N2O4/c1-8-9-10-14-23-17-25(32-19-28-5)24(16-15-22(4)13-11-12-21(2)3)26(18-23)33-20-29(6)27(30)31-7/h12,15,17-18,28H,8-11,13-14,16,19-20H2,1-7H3/b22-15+. The smallest absolute Gasteiger partial charge is 0.411 e. The summed E-state index contributed by atoms with van der Waals surface area (Å²) in [6.07, 6.45) is 11.3. The lowest BCUT2D eigenvalue weighted by molar-refractivity contribution is 0.0977. The van der Waals surface area contributed by atoms with Gasteiger partial charge in [0.1, 0.15) is 18.2 Å². The average Bonchev–Trinajstić information content (AvgIpc) is 2.79. The number of benzene rings is 1. The van der Waals surface area contributed by atoms with Crippen molar-refractivity contribution < 1.29 is 19.0 Å². The number of hydrogen-bond donors (Lipinski definition) is 1. The van der Waals surface area contributed by atoms with Crippen LogP contribution in [0.4, 0.5) is 4.79 Å². The summed E-state index contributed by atoms with van der Waals surface area (Å²) in [6, 6.07) is 4.22. The summed E-state index contributed by atoms with van der Waals surface area (Å²) in [7, 11) is 4.88. The number of unbranched alkanes of at least 4 members (excludes halogenated alkanes) is 2. The van der Waals surface area contributed by atoms with E-state index in [-0.39, 0.29) is 6.73 Å². The third-order valence-electron chi connectivity index (χ3n) is 5.31. The van der Waals surface area contributed by atoms with Gasteiger partial charge < -0.3 is 14.2 Å². The van der Waals surface area contributed by atoms with E-state index in [0.29, 0.717) is 13.2 Å². The van der Waals surface area contributed by atoms with E-state index in [0.717, 1.165) is 42.7 Å². The van der Waals surface area contributed by atoms with Crippen molar-refractivity contribution in [2.75, 3.05) is 34.7 Å². The van der Waals surface area contributed by atoms with Crippen molar-refractivity contribution in [1.82, 2.24) is 10.2 Å². The Bertz CT molecular complexity index is 783. The van der Waals surface area contributed by atoms with E-state index in [2.05, 4.69) is 57.3 Å². The van der Waals surface area contributed by atoms with Crippen LogP contribution in [0.1, 0.15) is 70.9 Å². The first-order valence-corrected chi connectivity index (χ1v) is 12.0. The van der Waals surface area contributed by atoms with Crippen LogP contribution in [0.2, 0.25) is 0 Å². The third kappa shape index (κ3) is 11.3. The number of nitrogens with one attached hydrogen (secondary N) is 1. The number of methoxy groups -OCH3 is 1. The lowest BCUT2D eigenvalue weighted by atomic mass is 10.00. The van der Waals surface area contributed by atoms with Crippen LogP contribution in [-0.2, 0) is 17.6 Å². The molecule has 0 saturated carbocycles. The van der Waals surface area contributed by atoms with Gasteiger partial charge in [0.05, 0.1) is 7.11 Å². The molecule has 6 heteroatoms. The highest BCUT2D eigenvalue weighted by Gasteiger charge is 2.16. The molecule has 0 atom stereocenters. The minimum atomic E-state index is -0.433. The van der Waals surface area contributed by atoms with Gasteiger partial charge in [0.25, 0.3) is 0 Å². The van der Waals surface area contributed by atoms with Crippen LogP contribution in [0, 0.1) is 0 Å². The van der Waals surface area contributed by atoms with Crippen LogP contribution in [0.15, 0.2) is 35.4 Å². The van der Waals surface area contributed by atoms with E-state index in [9.17, 15) is 4.79 Å². The highest BCUT2D eigenvalue weighted by molar-refractivity contribution is 5.66. The van der Waals surface area contributed by atoms with Crippen LogP contribution < -0.4 is 14.8 Å². The molecule has 0 aliphatic heterocycles. The molecule has 0 bridgehead atoms. The van der Waals surface area contributed by atoms with Crippen molar-refractivity contribution in [3.05, 3.63) is 46.6 Å². The average molecular weight is 461 g/mol. The van der Waals surface area contributed by atoms with Crippen molar-refractivity contribution in [2.24, 2.45) is 0 Å². The number of ether oxygens (including phenoxy) is 3. The Hall–Kier alpha value is -2.47. The maximum Gasteiger partial charge on any atom is 0.411 e. The van der Waals surface area contributed by atoms with E-state index < -0.39 is 6.09 Å². The number of carbonyl (C=O) groups is 1. The Morgan fingerprint density at radius 1 is 1.09 bits per heavy atom. The summed E-state index contributed by atoms with van der Waals surface area (Å²) in [5, 5.41) is 3.06. The maximum atomic E-state index is 11.8. The van der Waals surface area contributed by atoms with Crippen LogP contribution >= 0.6 is 0 Å². The van der Waals surface area contributed by atoms with Gasteiger partial charge in [-0.3, -0.25) is 10.2 Å². The van der Waals surface area contributed by atoms with Crippen molar-refractivity contribution in [3.8, 4) is 11.5 Å². The predicted octanol–water partition coefficient (Wildman–Crippen LogP) is 6.24. The van der Waals surface area contributed by atoms with Gasteiger partial charge >= 0.3 is 6.09 Å². The summed E-state index contributed by atoms with van der Waals surface area (Å²) in [5.74, 6) is 1.57. The van der Waals surface area contributed by atoms with E-state index in [1.807, 2.05) is 7.05 Å². The molecule has 0 radical (unpaired) electrons. The summed E-state index contributed by atoms with van der Waals surface area (Å²) in [6.45, 7) is 9.14. The molecule has 0 fully saturated rings. The SMILES string of the molecule is CCCCCc1cc(OCNC)c(C/C=C(\C)CCC=C(C)C)c(OCN(C)C(=O)OC)c1. The zero-order valence-electron chi connectivity index (χ0n) is 21.8. The Morgan fingerprint density at radius 2 is 1.79 bits per heavy atom. The molecule has 33 heavy (non-hydrogen) atoms. The minimum absolute atomic E-state index is 0.104. The van der Waals surface area contributed by atoms with E-state index in [1.54, 1.807) is 7.05 Å². The van der Waals surface area contributed by atoms with Gasteiger partial charge in [-0.05, 0) is 77.6 Å². The lowest BCUT2D eigenvalue weighted by Gasteiger charge is -2.21. The topological polar surface area (TPSA) is 60.0 Å². The molecule has 1 amide bonds. The molecule has 0 aliphatic rings. The van der Waals surface area contributed by atoms with E-state index in [4.69, 9.17) is 14.2 Å². The number of rotatable bonds is 15. The number of aryl methyl sites for hydroxylation is 1. The highest BCUT2D eigenvalue weighted by Crippen LogP contribution is 2.33. The highest BCUT2D eigenvalue weighted by atomic mass is 16.6. The van der Waals surface area contributed by atoms with Crippen molar-refractivity contribution in [2.45, 2.75) is 72.6 Å². The molecule has 0 spiro atoms. The second-order valence-corrected chi connectivity index (χ2v) is 8.69. The normalized spacial score (nSPS) is 11.2. The summed E-state index contributed by atoms with van der Waals surface area (Å²) in [5.41, 5.74) is 4.84. The molecule has 1 aromatic carbocycles. The van der Waals surface area contributed by atoms with Crippen LogP contribution in [0.5, 0.6) is 11.5 Å². The number of allylic oxidation sites excluding steroid dienone is 4. The molecule has 0 aliphatic carbocycles. The van der Waals surface area contributed by atoms with Crippen LogP contribution in [-0.4, -0.2) is 45.7 Å². The van der Waals surface area contributed by atoms with Crippen molar-refractivity contribution in [1.29, 1.82) is 0 Å². The zero-order valence-corrected chi connectivity index (χ0v) is 21.8. The van der Waals surface area contributed by atoms with Gasteiger partial charge in [-0.25, -0.2) is 4.79 Å². The zero-order chi connectivity index (χ0) is 24.6. The molecule has 1 rings (SSSR count). The van der Waals surface area contributed by atoms with Gasteiger partial charge in [-0.2, -0.15) is 0 Å². The Kier molecular flexibility index (Phi) is 14.0. The molecule has 0 saturated heterocycles. The van der Waals surface area contributed by atoms with Gasteiger partial charge in [-0.15, -0.1) is 0 Å². The lowest BCUT2D eigenvalue weighted by Crippen LogP contribution is -2.30. The monoisotopic (exact) mass is 460 g/mol. The number of hydrogen-bond acceptors (Lipinski definition) is 5. The molecule has 6 nitrogen and oxygen atoms in total. The molecular weight excluding hydrogens is 416 g/mol. The maximum absolute atomic E-state index is 11.8. The first-order valence-electron chi connectivity index (χ1n) is 12.0. The van der Waals surface area contributed by atoms with Gasteiger partial charge in [0.2, 0.25) is 0 Å².